The number of nitrogens with one attached hydrogen (secondary N) is 2. The van der Waals surface area contributed by atoms with Crippen LogP contribution in [0.2, 0.25) is 0 Å². The lowest BCUT2D eigenvalue weighted by Gasteiger charge is -2.34. The van der Waals surface area contributed by atoms with Crippen molar-refractivity contribution in [1.29, 1.82) is 0 Å². The van der Waals surface area contributed by atoms with Crippen molar-refractivity contribution < 1.29 is 37.4 Å². The van der Waals surface area contributed by atoms with Gasteiger partial charge in [0.05, 0.1) is 37.6 Å². The molecule has 0 saturated heterocycles. The third kappa shape index (κ3) is 8.34. The van der Waals surface area contributed by atoms with Crippen molar-refractivity contribution in [3.63, 3.8) is 0 Å². The number of rotatable bonds is 8. The molecule has 5 rings (SSSR count). The smallest absolute Gasteiger partial charge is 0.416 e. The Balaban J connectivity index is 1.34. The Labute approximate surface area is 282 Å². The summed E-state index contributed by atoms with van der Waals surface area (Å²) in [6, 6.07) is 16.0. The summed E-state index contributed by atoms with van der Waals surface area (Å²) in [6.07, 6.45) is -3.08. The van der Waals surface area contributed by atoms with Crippen LogP contribution in [0.3, 0.4) is 0 Å². The molecule has 0 aliphatic carbocycles. The van der Waals surface area contributed by atoms with Crippen LogP contribution in [0.15, 0.2) is 72.9 Å². The third-order valence-corrected chi connectivity index (χ3v) is 8.79. The predicted octanol–water partition coefficient (Wildman–Crippen LogP) is 5.69. The van der Waals surface area contributed by atoms with Crippen LogP contribution in [0.25, 0.3) is 10.9 Å². The fraction of sp³-hybridized carbons (Fsp3) is 0.361. The number of carbonyl (C=O) groups excluding carboxylic acids is 3. The Morgan fingerprint density at radius 3 is 2.45 bits per heavy atom. The number of benzene rings is 3. The average molecular weight is 680 g/mol. The van der Waals surface area contributed by atoms with Crippen LogP contribution in [0.1, 0.15) is 30.5 Å². The van der Waals surface area contributed by atoms with E-state index < -0.39 is 29.9 Å². The van der Waals surface area contributed by atoms with E-state index in [4.69, 9.17) is 4.74 Å². The van der Waals surface area contributed by atoms with E-state index in [1.807, 2.05) is 49.0 Å². The molecule has 0 saturated carbocycles. The van der Waals surface area contributed by atoms with E-state index in [9.17, 15) is 32.7 Å². The molecule has 260 valence electrons. The number of amides is 4. The summed E-state index contributed by atoms with van der Waals surface area (Å²) >= 11 is 0. The molecule has 3 atom stereocenters. The first-order valence-corrected chi connectivity index (χ1v) is 16.0. The Morgan fingerprint density at radius 2 is 1.76 bits per heavy atom. The third-order valence-electron chi connectivity index (χ3n) is 8.79. The zero-order chi connectivity index (χ0) is 35.5. The Morgan fingerprint density at radius 1 is 1.06 bits per heavy atom. The van der Waals surface area contributed by atoms with Gasteiger partial charge in [-0.1, -0.05) is 25.1 Å². The molecule has 4 amide bonds. The van der Waals surface area contributed by atoms with Crippen LogP contribution in [0, 0.1) is 5.92 Å². The van der Waals surface area contributed by atoms with Crippen molar-refractivity contribution in [3.8, 4) is 5.75 Å². The van der Waals surface area contributed by atoms with E-state index in [1.54, 1.807) is 30.0 Å². The molecule has 4 aromatic rings. The van der Waals surface area contributed by atoms with Crippen LogP contribution in [0.5, 0.6) is 5.75 Å². The van der Waals surface area contributed by atoms with Crippen molar-refractivity contribution in [2.24, 2.45) is 13.0 Å². The molecule has 1 aliphatic rings. The van der Waals surface area contributed by atoms with Gasteiger partial charge in [-0.05, 0) is 61.0 Å². The number of fused-ring (bicyclic) bond motifs is 2. The predicted molar refractivity (Wildman–Crippen MR) is 180 cm³/mol. The first-order chi connectivity index (χ1) is 23.2. The molecule has 0 radical (unpaired) electrons. The molecule has 0 bridgehead atoms. The number of hydrogen-bond donors (Lipinski definition) is 3. The van der Waals surface area contributed by atoms with Gasteiger partial charge in [-0.15, -0.1) is 0 Å². The molecular formula is C36H40F3N5O5. The molecule has 1 aliphatic heterocycles. The van der Waals surface area contributed by atoms with Gasteiger partial charge in [0.15, 0.2) is 0 Å². The van der Waals surface area contributed by atoms with Crippen LogP contribution >= 0.6 is 0 Å². The number of para-hydroxylation sites is 1. The van der Waals surface area contributed by atoms with E-state index in [-0.39, 0.29) is 56.0 Å². The number of anilines is 2. The van der Waals surface area contributed by atoms with E-state index >= 15 is 0 Å². The second-order valence-electron chi connectivity index (χ2n) is 12.6. The van der Waals surface area contributed by atoms with Crippen molar-refractivity contribution in [1.82, 2.24) is 14.4 Å². The number of halogens is 3. The molecule has 1 aromatic heterocycles. The van der Waals surface area contributed by atoms with Gasteiger partial charge in [-0.2, -0.15) is 13.2 Å². The number of urea groups is 1. The number of hydrogen-bond acceptors (Lipinski definition) is 5. The maximum atomic E-state index is 13.6. The second-order valence-corrected chi connectivity index (χ2v) is 12.6. The lowest BCUT2D eigenvalue weighted by molar-refractivity contribution is -0.137. The Kier molecular flexibility index (Phi) is 10.5. The summed E-state index contributed by atoms with van der Waals surface area (Å²) in [5, 5.41) is 16.5. The standard InChI is InChI=1S/C36H40F3N5O5/c1-22-18-44(23(2)21-45)34(47)17-24-15-28(40-33(46)16-25-19-42(3)30-8-6-5-7-29(25)30)13-14-31(24)49-32(22)20-43(4)35(48)41-27-11-9-26(10-12-27)36(37,38)39/h5-15,19,22-23,32,45H,16-18,20-21H2,1-4H3,(H,40,46)(H,41,48)/t22-,23+,32-/m1/s1. The van der Waals surface area contributed by atoms with Gasteiger partial charge in [-0.25, -0.2) is 4.79 Å². The summed E-state index contributed by atoms with van der Waals surface area (Å²) in [6.45, 7) is 3.68. The lowest BCUT2D eigenvalue weighted by Crippen LogP contribution is -2.48. The van der Waals surface area contributed by atoms with Crippen LogP contribution in [-0.4, -0.2) is 76.2 Å². The molecule has 0 spiro atoms. The SMILES string of the molecule is C[C@@H]1CN([C@@H](C)CO)C(=O)Cc2cc(NC(=O)Cc3cn(C)c4ccccc34)ccc2O[C@@H]1CN(C)C(=O)Nc1ccc(C(F)(F)F)cc1. The van der Waals surface area contributed by atoms with Gasteiger partial charge >= 0.3 is 12.2 Å². The van der Waals surface area contributed by atoms with Crippen LogP contribution < -0.4 is 15.4 Å². The quantitative estimate of drug-likeness (QED) is 0.221. The van der Waals surface area contributed by atoms with E-state index in [1.165, 1.54) is 24.1 Å². The number of aromatic nitrogens is 1. The van der Waals surface area contributed by atoms with Gasteiger partial charge in [0.2, 0.25) is 11.8 Å². The minimum atomic E-state index is -4.49. The zero-order valence-electron chi connectivity index (χ0n) is 27.8. The van der Waals surface area contributed by atoms with E-state index in [2.05, 4.69) is 10.6 Å². The van der Waals surface area contributed by atoms with Crippen molar-refractivity contribution >= 4 is 40.1 Å². The summed E-state index contributed by atoms with van der Waals surface area (Å²) in [5.74, 6) is -0.349. The Bertz CT molecular complexity index is 1820. The average Bonchev–Trinajstić information content (AvgIpc) is 3.39. The van der Waals surface area contributed by atoms with Gasteiger partial charge in [0.25, 0.3) is 0 Å². The maximum absolute atomic E-state index is 13.6. The van der Waals surface area contributed by atoms with Gasteiger partial charge in [0.1, 0.15) is 11.9 Å². The molecule has 0 unspecified atom stereocenters. The molecule has 13 heteroatoms. The highest BCUT2D eigenvalue weighted by atomic mass is 19.4. The number of aliphatic hydroxyl groups is 1. The summed E-state index contributed by atoms with van der Waals surface area (Å²) in [7, 11) is 3.47. The summed E-state index contributed by atoms with van der Waals surface area (Å²) < 4.78 is 47.3. The number of alkyl halides is 3. The minimum Gasteiger partial charge on any atom is -0.488 e. The number of likely N-dealkylation sites (N-methyl/N-ethyl adjacent to an activating group) is 1. The molecule has 49 heavy (non-hydrogen) atoms. The van der Waals surface area contributed by atoms with Crippen molar-refractivity contribution in [3.05, 3.63) is 89.6 Å². The number of carbonyl (C=O) groups is 3. The number of aryl methyl sites for hydroxylation is 1. The molecular weight excluding hydrogens is 639 g/mol. The van der Waals surface area contributed by atoms with Gasteiger partial charge < -0.3 is 34.8 Å². The first kappa shape index (κ1) is 35.3. The first-order valence-electron chi connectivity index (χ1n) is 16.0. The minimum absolute atomic E-state index is 0.0452. The molecule has 0 fully saturated rings. The van der Waals surface area contributed by atoms with Crippen molar-refractivity contribution in [2.45, 2.75) is 45.0 Å². The Hall–Kier alpha value is -5.04. The zero-order valence-corrected chi connectivity index (χ0v) is 27.8. The molecule has 2 heterocycles. The largest absolute Gasteiger partial charge is 0.488 e. The summed E-state index contributed by atoms with van der Waals surface area (Å²) in [5.41, 5.74) is 2.29. The number of aliphatic hydroxyl groups excluding tert-OH is 1. The topological polar surface area (TPSA) is 116 Å². The number of nitrogens with zero attached hydrogens (tertiary/aromatic N) is 3. The fourth-order valence-corrected chi connectivity index (χ4v) is 5.98. The number of ether oxygens (including phenoxy) is 1. The second kappa shape index (κ2) is 14.6. The molecule has 10 nitrogen and oxygen atoms in total. The van der Waals surface area contributed by atoms with Crippen LogP contribution in [0.4, 0.5) is 29.3 Å². The highest BCUT2D eigenvalue weighted by Gasteiger charge is 2.33. The highest BCUT2D eigenvalue weighted by molar-refractivity contribution is 5.96. The van der Waals surface area contributed by atoms with Crippen molar-refractivity contribution in [2.75, 3.05) is 37.4 Å². The van der Waals surface area contributed by atoms with Crippen LogP contribution in [-0.2, 0) is 35.7 Å². The summed E-state index contributed by atoms with van der Waals surface area (Å²) in [4.78, 5) is 42.7. The monoisotopic (exact) mass is 679 g/mol. The molecule has 3 aromatic carbocycles. The normalized spacial score (nSPS) is 17.3. The lowest BCUT2D eigenvalue weighted by atomic mass is 10.0. The fourth-order valence-electron chi connectivity index (χ4n) is 5.98. The van der Waals surface area contributed by atoms with E-state index in [0.29, 0.717) is 17.0 Å². The van der Waals surface area contributed by atoms with Gasteiger partial charge in [0, 0.05) is 60.6 Å². The van der Waals surface area contributed by atoms with E-state index in [0.717, 1.165) is 28.6 Å². The highest BCUT2D eigenvalue weighted by Crippen LogP contribution is 2.31. The molecule has 3 N–H and O–H groups in total. The maximum Gasteiger partial charge on any atom is 0.416 e. The van der Waals surface area contributed by atoms with Gasteiger partial charge in [-0.3, -0.25) is 9.59 Å².